The number of morpholine rings is 1. The molecule has 2 amide bonds. The third-order valence-electron chi connectivity index (χ3n) is 9.13. The minimum atomic E-state index is -0.555. The Kier molecular flexibility index (Phi) is 8.50. The molecule has 7 nitrogen and oxygen atoms in total. The van der Waals surface area contributed by atoms with Crippen molar-refractivity contribution in [2.45, 2.75) is 58.6 Å². The lowest BCUT2D eigenvalue weighted by molar-refractivity contribution is -0.142. The summed E-state index contributed by atoms with van der Waals surface area (Å²) in [6.07, 6.45) is 3.21. The molecular formula is C28H43N3O4. The first-order chi connectivity index (χ1) is 16.8. The number of nitrogens with one attached hydrogen (secondary N) is 2. The molecule has 1 aromatic carbocycles. The lowest BCUT2D eigenvalue weighted by Gasteiger charge is -2.56. The summed E-state index contributed by atoms with van der Waals surface area (Å²) in [7, 11) is 0. The molecule has 7 atom stereocenters. The number of amides is 2. The molecule has 0 aromatic heterocycles. The van der Waals surface area contributed by atoms with Gasteiger partial charge in [0.05, 0.1) is 19.3 Å². The predicted octanol–water partition coefficient (Wildman–Crippen LogP) is 2.69. The van der Waals surface area contributed by atoms with Gasteiger partial charge in [0.1, 0.15) is 0 Å². The molecule has 3 aliphatic rings. The molecule has 35 heavy (non-hydrogen) atoms. The van der Waals surface area contributed by atoms with Crippen LogP contribution in [0.25, 0.3) is 0 Å². The zero-order valence-corrected chi connectivity index (χ0v) is 21.5. The first-order valence-corrected chi connectivity index (χ1v) is 13.4. The normalized spacial score (nSPS) is 34.5. The molecule has 7 unspecified atom stereocenters. The van der Waals surface area contributed by atoms with Gasteiger partial charge in [-0.15, -0.1) is 0 Å². The van der Waals surface area contributed by atoms with Gasteiger partial charge in [-0.2, -0.15) is 0 Å². The number of ether oxygens (including phenoxy) is 1. The zero-order valence-electron chi connectivity index (χ0n) is 21.5. The van der Waals surface area contributed by atoms with Crippen LogP contribution in [0.3, 0.4) is 0 Å². The number of aliphatic hydroxyl groups excluding tert-OH is 1. The number of aliphatic hydroxyl groups is 1. The van der Waals surface area contributed by atoms with Gasteiger partial charge in [-0.25, -0.2) is 0 Å². The first kappa shape index (κ1) is 26.1. The number of carbonyl (C=O) groups excluding carboxylic acids is 2. The predicted molar refractivity (Wildman–Crippen MR) is 136 cm³/mol. The lowest BCUT2D eigenvalue weighted by atomic mass is 9.51. The molecule has 1 saturated heterocycles. The van der Waals surface area contributed by atoms with Crippen LogP contribution in [0, 0.1) is 29.1 Å². The zero-order chi connectivity index (χ0) is 25.0. The summed E-state index contributed by atoms with van der Waals surface area (Å²) in [6.45, 7) is 11.2. The molecule has 1 aliphatic heterocycles. The summed E-state index contributed by atoms with van der Waals surface area (Å²) in [5.74, 6) is -0.145. The summed E-state index contributed by atoms with van der Waals surface area (Å²) in [4.78, 5) is 28.1. The molecular weight excluding hydrogens is 442 g/mol. The fourth-order valence-electron chi connectivity index (χ4n) is 6.86. The molecule has 0 bridgehead atoms. The Morgan fingerprint density at radius 1 is 1.17 bits per heavy atom. The highest BCUT2D eigenvalue weighted by atomic mass is 16.5. The SMILES string of the molecule is CC(C(=O)NCCN1CCOCC1)C1CCC2(C)CCC(NC(=O)c3ccccc3)C(C)C2C1O. The Bertz CT molecular complexity index is 859. The number of fused-ring (bicyclic) bond motifs is 1. The van der Waals surface area contributed by atoms with Crippen LogP contribution in [0.2, 0.25) is 0 Å². The van der Waals surface area contributed by atoms with Crippen LogP contribution in [0.1, 0.15) is 56.8 Å². The third-order valence-corrected chi connectivity index (χ3v) is 9.13. The second-order valence-electron chi connectivity index (χ2n) is 11.3. The minimum Gasteiger partial charge on any atom is -0.392 e. The Morgan fingerprint density at radius 2 is 1.86 bits per heavy atom. The van der Waals surface area contributed by atoms with Crippen LogP contribution in [-0.4, -0.2) is 73.4 Å². The number of rotatable bonds is 7. The average Bonchev–Trinajstić information content (AvgIpc) is 2.86. The molecule has 1 aromatic rings. The fourth-order valence-corrected chi connectivity index (χ4v) is 6.86. The van der Waals surface area contributed by atoms with Crippen LogP contribution in [0.5, 0.6) is 0 Å². The van der Waals surface area contributed by atoms with Gasteiger partial charge in [0, 0.05) is 43.7 Å². The minimum absolute atomic E-state index is 0.0202. The van der Waals surface area contributed by atoms with Gasteiger partial charge in [0.25, 0.3) is 5.91 Å². The second kappa shape index (κ2) is 11.4. The lowest BCUT2D eigenvalue weighted by Crippen LogP contribution is -2.58. The molecule has 0 spiro atoms. The van der Waals surface area contributed by atoms with E-state index in [2.05, 4.69) is 29.4 Å². The highest BCUT2D eigenvalue weighted by Gasteiger charge is 2.53. The van der Waals surface area contributed by atoms with Gasteiger partial charge in [0.2, 0.25) is 5.91 Å². The van der Waals surface area contributed by atoms with Crippen molar-refractivity contribution >= 4 is 11.8 Å². The molecule has 4 rings (SSSR count). The van der Waals surface area contributed by atoms with Crippen molar-refractivity contribution in [3.63, 3.8) is 0 Å². The Morgan fingerprint density at radius 3 is 2.57 bits per heavy atom. The summed E-state index contributed by atoms with van der Waals surface area (Å²) in [6, 6.07) is 9.34. The molecule has 1 heterocycles. The van der Waals surface area contributed by atoms with E-state index in [0.29, 0.717) is 12.1 Å². The number of nitrogens with zero attached hydrogens (tertiary/aromatic N) is 1. The van der Waals surface area contributed by atoms with E-state index in [0.717, 1.165) is 58.5 Å². The number of hydrogen-bond acceptors (Lipinski definition) is 5. The van der Waals surface area contributed by atoms with E-state index in [1.54, 1.807) is 0 Å². The Labute approximate surface area is 210 Å². The van der Waals surface area contributed by atoms with Crippen molar-refractivity contribution in [3.05, 3.63) is 35.9 Å². The highest BCUT2D eigenvalue weighted by molar-refractivity contribution is 5.94. The summed E-state index contributed by atoms with van der Waals surface area (Å²) in [5.41, 5.74) is 0.702. The molecule has 3 N–H and O–H groups in total. The summed E-state index contributed by atoms with van der Waals surface area (Å²) < 4.78 is 5.39. The Balaban J connectivity index is 1.36. The van der Waals surface area contributed by atoms with Crippen LogP contribution in [-0.2, 0) is 9.53 Å². The largest absolute Gasteiger partial charge is 0.392 e. The molecule has 2 saturated carbocycles. The average molecular weight is 486 g/mol. The second-order valence-corrected chi connectivity index (χ2v) is 11.3. The summed E-state index contributed by atoms with van der Waals surface area (Å²) in [5, 5.41) is 17.9. The van der Waals surface area contributed by atoms with E-state index < -0.39 is 6.10 Å². The van der Waals surface area contributed by atoms with E-state index >= 15 is 0 Å². The van der Waals surface area contributed by atoms with Crippen molar-refractivity contribution in [2.24, 2.45) is 29.1 Å². The monoisotopic (exact) mass is 485 g/mol. The van der Waals surface area contributed by atoms with Crippen molar-refractivity contribution in [1.82, 2.24) is 15.5 Å². The van der Waals surface area contributed by atoms with Crippen LogP contribution in [0.4, 0.5) is 0 Å². The van der Waals surface area contributed by atoms with Gasteiger partial charge < -0.3 is 20.5 Å². The number of hydrogen-bond donors (Lipinski definition) is 3. The Hall–Kier alpha value is -1.96. The topological polar surface area (TPSA) is 90.9 Å². The van der Waals surface area contributed by atoms with Crippen molar-refractivity contribution in [3.8, 4) is 0 Å². The van der Waals surface area contributed by atoms with Gasteiger partial charge in [-0.3, -0.25) is 14.5 Å². The van der Waals surface area contributed by atoms with Gasteiger partial charge in [-0.1, -0.05) is 39.0 Å². The molecule has 2 aliphatic carbocycles. The third kappa shape index (κ3) is 5.89. The van der Waals surface area contributed by atoms with Crippen molar-refractivity contribution in [2.75, 3.05) is 39.4 Å². The smallest absolute Gasteiger partial charge is 0.251 e. The maximum Gasteiger partial charge on any atom is 0.251 e. The van der Waals surface area contributed by atoms with Crippen molar-refractivity contribution in [1.29, 1.82) is 0 Å². The van der Waals surface area contributed by atoms with Crippen molar-refractivity contribution < 1.29 is 19.4 Å². The molecule has 0 radical (unpaired) electrons. The van der Waals surface area contributed by atoms with Gasteiger partial charge in [-0.05, 0) is 61.0 Å². The highest BCUT2D eigenvalue weighted by Crippen LogP contribution is 2.55. The van der Waals surface area contributed by atoms with Crippen LogP contribution >= 0.6 is 0 Å². The van der Waals surface area contributed by atoms with Crippen LogP contribution in [0.15, 0.2) is 30.3 Å². The molecule has 194 valence electrons. The van der Waals surface area contributed by atoms with E-state index in [1.165, 1.54) is 0 Å². The number of benzene rings is 1. The first-order valence-electron chi connectivity index (χ1n) is 13.4. The quantitative estimate of drug-likeness (QED) is 0.553. The summed E-state index contributed by atoms with van der Waals surface area (Å²) >= 11 is 0. The van der Waals surface area contributed by atoms with E-state index in [-0.39, 0.29) is 46.9 Å². The van der Waals surface area contributed by atoms with E-state index in [4.69, 9.17) is 4.74 Å². The maximum atomic E-state index is 13.0. The van der Waals surface area contributed by atoms with Gasteiger partial charge in [0.15, 0.2) is 0 Å². The standard InChI is InChI=1S/C28H43N3O4/c1-19(26(33)29-13-14-31-15-17-35-18-16-31)22-9-11-28(3)12-10-23(20(2)24(28)25(22)32)30-27(34)21-7-5-4-6-8-21/h4-8,19-20,22-25,32H,9-18H2,1-3H3,(H,29,33)(H,30,34). The van der Waals surface area contributed by atoms with Gasteiger partial charge >= 0.3 is 0 Å². The maximum absolute atomic E-state index is 13.0. The number of carbonyl (C=O) groups is 2. The van der Waals surface area contributed by atoms with E-state index in [1.807, 2.05) is 37.3 Å². The van der Waals surface area contributed by atoms with E-state index in [9.17, 15) is 14.7 Å². The fraction of sp³-hybridized carbons (Fsp3) is 0.714. The molecule has 3 fully saturated rings. The molecule has 7 heteroatoms. The van der Waals surface area contributed by atoms with Crippen LogP contribution < -0.4 is 10.6 Å².